The van der Waals surface area contributed by atoms with Crippen LogP contribution < -0.4 is 10.1 Å². The highest BCUT2D eigenvalue weighted by atomic mass is 16.5. The van der Waals surface area contributed by atoms with Crippen LogP contribution >= 0.6 is 0 Å². The molecule has 0 unspecified atom stereocenters. The lowest BCUT2D eigenvalue weighted by molar-refractivity contribution is 0.202. The summed E-state index contributed by atoms with van der Waals surface area (Å²) in [7, 11) is 0. The van der Waals surface area contributed by atoms with Gasteiger partial charge >= 0.3 is 12.1 Å². The molecule has 1 N–H and O–H groups in total. The Morgan fingerprint density at radius 3 is 2.81 bits per heavy atom. The van der Waals surface area contributed by atoms with Crippen molar-refractivity contribution in [3.63, 3.8) is 0 Å². The maximum atomic E-state index is 11.4. The van der Waals surface area contributed by atoms with Gasteiger partial charge in [0.25, 0.3) is 0 Å². The third-order valence-corrected chi connectivity index (χ3v) is 3.61. The Kier molecular flexibility index (Phi) is 4.53. The molecule has 6 nitrogen and oxygen atoms in total. The lowest BCUT2D eigenvalue weighted by atomic mass is 9.99. The number of ether oxygens (including phenoxy) is 1. The molecule has 1 aliphatic heterocycles. The number of hydrogen-bond acceptors (Lipinski definition) is 3. The second-order valence-corrected chi connectivity index (χ2v) is 5.11. The second-order valence-electron chi connectivity index (χ2n) is 5.11. The van der Waals surface area contributed by atoms with Crippen molar-refractivity contribution >= 4 is 6.03 Å². The second kappa shape index (κ2) is 6.35. The fraction of sp³-hybridized carbons (Fsp3) is 0.467. The van der Waals surface area contributed by atoms with Gasteiger partial charge in [0.1, 0.15) is 17.9 Å². The summed E-state index contributed by atoms with van der Waals surface area (Å²) in [6, 6.07) is 4.36. The van der Waals surface area contributed by atoms with Crippen LogP contribution in [0, 0.1) is 32.0 Å². The van der Waals surface area contributed by atoms with Crippen molar-refractivity contribution in [1.29, 1.82) is 0 Å². The van der Waals surface area contributed by atoms with E-state index in [0.717, 1.165) is 22.4 Å². The largest absolute Gasteiger partial charge is 0.498 e. The minimum atomic E-state index is -0.0524. The quantitative estimate of drug-likeness (QED) is 0.864. The summed E-state index contributed by atoms with van der Waals surface area (Å²) in [5, 5.41) is 15.9. The first-order valence-corrected chi connectivity index (χ1v) is 6.89. The van der Waals surface area contributed by atoms with Gasteiger partial charge < -0.3 is 20.2 Å². The van der Waals surface area contributed by atoms with E-state index in [2.05, 4.69) is 16.4 Å². The van der Waals surface area contributed by atoms with Crippen LogP contribution in [0.4, 0.5) is 4.79 Å². The molecular weight excluding hydrogens is 270 g/mol. The van der Waals surface area contributed by atoms with E-state index in [4.69, 9.17) is 4.74 Å². The van der Waals surface area contributed by atoms with Crippen molar-refractivity contribution in [3.8, 4) is 11.8 Å². The standard InChI is InChI=1S/C15H19N3O3/c1-10-8-11(2)14(12(3)13(10)9-17-20)21-7-6-18-5-4-16-15(18)19/h8H,4-7H2,1-3H3,(H,16,19). The normalized spacial score (nSPS) is 13.7. The van der Waals surface area contributed by atoms with Crippen molar-refractivity contribution in [3.05, 3.63) is 38.5 Å². The fourth-order valence-corrected chi connectivity index (χ4v) is 2.59. The summed E-state index contributed by atoms with van der Waals surface area (Å²) < 4.78 is 5.81. The number of benzene rings is 1. The number of carbonyl (C=O) groups is 1. The van der Waals surface area contributed by atoms with Gasteiger partial charge in [-0.25, -0.2) is 4.79 Å². The summed E-state index contributed by atoms with van der Waals surface area (Å²) in [6.45, 7) is 8.07. The predicted molar refractivity (Wildman–Crippen MR) is 80.8 cm³/mol. The zero-order valence-corrected chi connectivity index (χ0v) is 12.5. The van der Waals surface area contributed by atoms with E-state index in [1.54, 1.807) is 4.90 Å². The Balaban J connectivity index is 2.10. The molecule has 1 saturated heterocycles. The van der Waals surface area contributed by atoms with E-state index in [1.807, 2.05) is 26.8 Å². The molecule has 0 radical (unpaired) electrons. The van der Waals surface area contributed by atoms with E-state index in [-0.39, 0.29) is 6.03 Å². The van der Waals surface area contributed by atoms with Crippen LogP contribution in [-0.2, 0) is 0 Å². The molecule has 0 bridgehead atoms. The van der Waals surface area contributed by atoms with Crippen molar-refractivity contribution in [2.75, 3.05) is 26.2 Å². The summed E-state index contributed by atoms with van der Waals surface area (Å²) >= 11 is 0. The molecule has 112 valence electrons. The molecule has 1 fully saturated rings. The number of hydrogen-bond donors (Lipinski definition) is 1. The minimum Gasteiger partial charge on any atom is -0.498 e. The number of rotatable bonds is 4. The van der Waals surface area contributed by atoms with Gasteiger partial charge in [0.15, 0.2) is 0 Å². The molecule has 1 heterocycles. The molecule has 21 heavy (non-hydrogen) atoms. The average Bonchev–Trinajstić information content (AvgIpc) is 2.84. The van der Waals surface area contributed by atoms with Crippen LogP contribution in [-0.4, -0.2) is 37.2 Å². The fourth-order valence-electron chi connectivity index (χ4n) is 2.59. The van der Waals surface area contributed by atoms with Gasteiger partial charge in [-0.2, -0.15) is 0 Å². The molecule has 1 aromatic carbocycles. The van der Waals surface area contributed by atoms with Crippen LogP contribution in [0.2, 0.25) is 0 Å². The smallest absolute Gasteiger partial charge is 0.337 e. The maximum absolute atomic E-state index is 11.4. The topological polar surface area (TPSA) is 69.0 Å². The molecule has 0 saturated carbocycles. The Morgan fingerprint density at radius 1 is 1.43 bits per heavy atom. The zero-order valence-electron chi connectivity index (χ0n) is 12.5. The third-order valence-electron chi connectivity index (χ3n) is 3.61. The first kappa shape index (κ1) is 15.0. The average molecular weight is 289 g/mol. The zero-order chi connectivity index (χ0) is 15.4. The summed E-state index contributed by atoms with van der Waals surface area (Å²) in [5.41, 5.74) is 3.45. The van der Waals surface area contributed by atoms with Gasteiger partial charge in [-0.1, -0.05) is 6.07 Å². The third kappa shape index (κ3) is 3.19. The summed E-state index contributed by atoms with van der Waals surface area (Å²) in [5.74, 6) is 0.728. The molecule has 0 atom stereocenters. The maximum Gasteiger partial charge on any atom is 0.337 e. The number of carbonyl (C=O) groups excluding carboxylic acids is 1. The van der Waals surface area contributed by atoms with Crippen LogP contribution in [0.5, 0.6) is 5.75 Å². The SMILES string of the molecule is Cc1cc(C)c(OCCN2CCNC2=O)c(C)c1C#[N+][O-]. The Hall–Kier alpha value is -2.42. The molecule has 1 aliphatic rings. The molecule has 0 aromatic heterocycles. The van der Waals surface area contributed by atoms with Crippen LogP contribution in [0.25, 0.3) is 5.01 Å². The number of nitrogens with one attached hydrogen (secondary N) is 1. The van der Waals surface area contributed by atoms with E-state index in [0.29, 0.717) is 31.8 Å². The van der Waals surface area contributed by atoms with Crippen molar-refractivity contribution in [1.82, 2.24) is 10.2 Å². The van der Waals surface area contributed by atoms with Gasteiger partial charge in [0.05, 0.1) is 6.54 Å². The minimum absolute atomic E-state index is 0.0524. The lowest BCUT2D eigenvalue weighted by Crippen LogP contribution is -2.32. The number of aryl methyl sites for hydroxylation is 2. The van der Waals surface area contributed by atoms with E-state index in [9.17, 15) is 10.0 Å². The van der Waals surface area contributed by atoms with Gasteiger partial charge in [0.2, 0.25) is 0 Å². The monoisotopic (exact) mass is 289 g/mol. The molecule has 1 aromatic rings. The Morgan fingerprint density at radius 2 is 2.19 bits per heavy atom. The molecule has 0 aliphatic carbocycles. The molecule has 2 amide bonds. The van der Waals surface area contributed by atoms with Crippen LogP contribution in [0.3, 0.4) is 0 Å². The molecular formula is C15H19N3O3. The lowest BCUT2D eigenvalue weighted by Gasteiger charge is -2.17. The highest BCUT2D eigenvalue weighted by molar-refractivity contribution is 5.76. The van der Waals surface area contributed by atoms with Crippen molar-refractivity contribution in [2.24, 2.45) is 0 Å². The number of amides is 2. The van der Waals surface area contributed by atoms with Crippen LogP contribution in [0.15, 0.2) is 6.07 Å². The summed E-state index contributed by atoms with van der Waals surface area (Å²) in [4.78, 5) is 13.1. The predicted octanol–water partition coefficient (Wildman–Crippen LogP) is 2.19. The van der Waals surface area contributed by atoms with Gasteiger partial charge in [-0.05, 0) is 31.9 Å². The molecule has 6 heteroatoms. The highest BCUT2D eigenvalue weighted by Gasteiger charge is 2.19. The first-order chi connectivity index (χ1) is 10.0. The van der Waals surface area contributed by atoms with E-state index >= 15 is 0 Å². The van der Waals surface area contributed by atoms with E-state index in [1.165, 1.54) is 0 Å². The van der Waals surface area contributed by atoms with Crippen LogP contribution in [0.1, 0.15) is 22.3 Å². The van der Waals surface area contributed by atoms with E-state index < -0.39 is 0 Å². The van der Waals surface area contributed by atoms with Gasteiger partial charge in [-0.15, -0.1) is 0 Å². The Bertz CT molecular complexity index is 617. The van der Waals surface area contributed by atoms with Gasteiger partial charge in [0, 0.05) is 23.7 Å². The Labute approximate surface area is 124 Å². The van der Waals surface area contributed by atoms with Gasteiger partial charge in [-0.3, -0.25) is 0 Å². The molecule has 0 spiro atoms. The number of nitrogens with zero attached hydrogens (tertiary/aromatic N) is 2. The number of urea groups is 1. The van der Waals surface area contributed by atoms with Crippen molar-refractivity contribution < 1.29 is 9.53 Å². The summed E-state index contributed by atoms with van der Waals surface area (Å²) in [6.07, 6.45) is 0. The first-order valence-electron chi connectivity index (χ1n) is 6.89. The van der Waals surface area contributed by atoms with Crippen molar-refractivity contribution in [2.45, 2.75) is 20.8 Å². The molecule has 2 rings (SSSR count). The highest BCUT2D eigenvalue weighted by Crippen LogP contribution is 2.28.